The van der Waals surface area contributed by atoms with Gasteiger partial charge in [-0.15, -0.1) is 0 Å². The fraction of sp³-hybridized carbons (Fsp3) is 0.0556. The van der Waals surface area contributed by atoms with Gasteiger partial charge in [-0.25, -0.2) is 4.98 Å². The van der Waals surface area contributed by atoms with Crippen molar-refractivity contribution in [3.63, 3.8) is 0 Å². The van der Waals surface area contributed by atoms with Crippen LogP contribution in [0.1, 0.15) is 5.69 Å². The molecule has 0 spiro atoms. The maximum Gasteiger partial charge on any atom is 0.242 e. The predicted octanol–water partition coefficient (Wildman–Crippen LogP) is 4.43. The number of pyridine rings is 1. The van der Waals surface area contributed by atoms with Crippen molar-refractivity contribution < 1.29 is 4.74 Å². The van der Waals surface area contributed by atoms with E-state index in [2.05, 4.69) is 17.1 Å². The van der Waals surface area contributed by atoms with Gasteiger partial charge in [-0.2, -0.15) is 0 Å². The summed E-state index contributed by atoms with van der Waals surface area (Å²) in [6, 6.07) is 21.8. The Hall–Kier alpha value is -2.81. The molecule has 0 radical (unpaired) electrons. The summed E-state index contributed by atoms with van der Waals surface area (Å²) in [5, 5.41) is 0. The Bertz CT molecular complexity index is 737. The second kappa shape index (κ2) is 5.67. The van der Waals surface area contributed by atoms with E-state index >= 15 is 0 Å². The zero-order valence-corrected chi connectivity index (χ0v) is 11.8. The minimum Gasteiger partial charge on any atom is -0.437 e. The van der Waals surface area contributed by atoms with E-state index in [-0.39, 0.29) is 0 Å². The molecule has 0 fully saturated rings. The summed E-state index contributed by atoms with van der Waals surface area (Å²) in [6.07, 6.45) is 0. The lowest BCUT2D eigenvalue weighted by Crippen LogP contribution is -1.96. The van der Waals surface area contributed by atoms with Crippen LogP contribution >= 0.6 is 0 Å². The third kappa shape index (κ3) is 3.03. The fourth-order valence-corrected chi connectivity index (χ4v) is 2.08. The molecular formula is C18H16N2O. The van der Waals surface area contributed by atoms with Gasteiger partial charge in [0.05, 0.1) is 5.69 Å². The molecule has 0 bridgehead atoms. The van der Waals surface area contributed by atoms with E-state index in [0.717, 1.165) is 17.0 Å². The van der Waals surface area contributed by atoms with E-state index in [4.69, 9.17) is 10.5 Å². The van der Waals surface area contributed by atoms with E-state index < -0.39 is 0 Å². The number of rotatable bonds is 3. The molecule has 2 N–H and O–H groups in total. The van der Waals surface area contributed by atoms with Gasteiger partial charge in [-0.1, -0.05) is 42.5 Å². The smallest absolute Gasteiger partial charge is 0.242 e. The average molecular weight is 276 g/mol. The van der Waals surface area contributed by atoms with Crippen molar-refractivity contribution in [2.45, 2.75) is 6.92 Å². The van der Waals surface area contributed by atoms with Crippen molar-refractivity contribution in [3.05, 3.63) is 72.4 Å². The van der Waals surface area contributed by atoms with Gasteiger partial charge in [-0.05, 0) is 42.3 Å². The third-order valence-electron chi connectivity index (χ3n) is 3.20. The van der Waals surface area contributed by atoms with Crippen LogP contribution < -0.4 is 10.5 Å². The van der Waals surface area contributed by atoms with Crippen molar-refractivity contribution in [3.8, 4) is 22.8 Å². The topological polar surface area (TPSA) is 48.1 Å². The normalized spacial score (nSPS) is 10.3. The monoisotopic (exact) mass is 276 g/mol. The molecule has 1 aromatic heterocycles. The maximum atomic E-state index is 5.87. The zero-order valence-electron chi connectivity index (χ0n) is 11.8. The van der Waals surface area contributed by atoms with Crippen LogP contribution in [0.4, 0.5) is 5.69 Å². The number of aryl methyl sites for hydroxylation is 1. The standard InChI is InChI=1S/C18H16N2O/c1-13-7-12-17(19)18(20-13)21-16-10-8-15(9-11-16)14-5-3-2-4-6-14/h2-12H,19H2,1H3. The molecule has 3 heteroatoms. The van der Waals surface area contributed by atoms with Crippen LogP contribution in [0.25, 0.3) is 11.1 Å². The Morgan fingerprint density at radius 3 is 2.19 bits per heavy atom. The highest BCUT2D eigenvalue weighted by Crippen LogP contribution is 2.27. The van der Waals surface area contributed by atoms with Crippen LogP contribution in [0, 0.1) is 6.92 Å². The van der Waals surface area contributed by atoms with Gasteiger partial charge in [0.1, 0.15) is 5.75 Å². The first-order valence-corrected chi connectivity index (χ1v) is 6.79. The Labute approximate surface area is 124 Å². The summed E-state index contributed by atoms with van der Waals surface area (Å²) in [5.41, 5.74) is 9.61. The van der Waals surface area contributed by atoms with E-state index in [1.165, 1.54) is 5.56 Å². The summed E-state index contributed by atoms with van der Waals surface area (Å²) < 4.78 is 5.74. The maximum absolute atomic E-state index is 5.87. The van der Waals surface area contributed by atoms with Crippen molar-refractivity contribution in [1.82, 2.24) is 4.98 Å². The van der Waals surface area contributed by atoms with Crippen LogP contribution in [0.3, 0.4) is 0 Å². The minimum absolute atomic E-state index is 0.447. The van der Waals surface area contributed by atoms with E-state index in [1.807, 2.05) is 55.5 Å². The molecular weight excluding hydrogens is 260 g/mol. The number of hydrogen-bond donors (Lipinski definition) is 1. The summed E-state index contributed by atoms with van der Waals surface area (Å²) in [7, 11) is 0. The van der Waals surface area contributed by atoms with Crippen molar-refractivity contribution >= 4 is 5.69 Å². The third-order valence-corrected chi connectivity index (χ3v) is 3.20. The molecule has 0 atom stereocenters. The molecule has 21 heavy (non-hydrogen) atoms. The number of hydrogen-bond acceptors (Lipinski definition) is 3. The molecule has 0 amide bonds. The van der Waals surface area contributed by atoms with Crippen molar-refractivity contribution in [2.24, 2.45) is 0 Å². The number of nitrogens with two attached hydrogens (primary N) is 1. The van der Waals surface area contributed by atoms with Gasteiger partial charge in [0, 0.05) is 5.69 Å². The Morgan fingerprint density at radius 2 is 1.48 bits per heavy atom. The van der Waals surface area contributed by atoms with Gasteiger partial charge in [0.15, 0.2) is 0 Å². The first-order valence-electron chi connectivity index (χ1n) is 6.79. The number of benzene rings is 2. The number of nitrogens with zero attached hydrogens (tertiary/aromatic N) is 1. The molecule has 0 aliphatic heterocycles. The number of aromatic nitrogens is 1. The SMILES string of the molecule is Cc1ccc(N)c(Oc2ccc(-c3ccccc3)cc2)n1. The largest absolute Gasteiger partial charge is 0.437 e. The summed E-state index contributed by atoms with van der Waals surface area (Å²) >= 11 is 0. The van der Waals surface area contributed by atoms with Gasteiger partial charge in [-0.3, -0.25) is 0 Å². The highest BCUT2D eigenvalue weighted by molar-refractivity contribution is 5.64. The van der Waals surface area contributed by atoms with Gasteiger partial charge >= 0.3 is 0 Å². The lowest BCUT2D eigenvalue weighted by molar-refractivity contribution is 0.464. The molecule has 2 aromatic carbocycles. The second-order valence-electron chi connectivity index (χ2n) is 4.84. The van der Waals surface area contributed by atoms with Crippen LogP contribution in [0.15, 0.2) is 66.7 Å². The molecule has 3 aromatic rings. The first-order chi connectivity index (χ1) is 10.2. The quantitative estimate of drug-likeness (QED) is 0.769. The Balaban J connectivity index is 1.83. The van der Waals surface area contributed by atoms with E-state index in [9.17, 15) is 0 Å². The highest BCUT2D eigenvalue weighted by Gasteiger charge is 2.05. The summed E-state index contributed by atoms with van der Waals surface area (Å²) in [5.74, 6) is 1.17. The summed E-state index contributed by atoms with van der Waals surface area (Å²) in [6.45, 7) is 1.91. The van der Waals surface area contributed by atoms with E-state index in [1.54, 1.807) is 6.07 Å². The average Bonchev–Trinajstić information content (AvgIpc) is 2.53. The van der Waals surface area contributed by atoms with Crippen LogP contribution in [-0.4, -0.2) is 4.98 Å². The Kier molecular flexibility index (Phi) is 3.56. The molecule has 0 saturated heterocycles. The molecule has 3 nitrogen and oxygen atoms in total. The molecule has 3 rings (SSSR count). The molecule has 104 valence electrons. The first kappa shape index (κ1) is 13.2. The molecule has 0 unspecified atom stereocenters. The van der Waals surface area contributed by atoms with Gasteiger partial charge < -0.3 is 10.5 Å². The van der Waals surface area contributed by atoms with Crippen LogP contribution in [0.2, 0.25) is 0 Å². The van der Waals surface area contributed by atoms with Gasteiger partial charge in [0.25, 0.3) is 0 Å². The number of ether oxygens (including phenoxy) is 1. The second-order valence-corrected chi connectivity index (χ2v) is 4.84. The van der Waals surface area contributed by atoms with Gasteiger partial charge in [0.2, 0.25) is 5.88 Å². The highest BCUT2D eigenvalue weighted by atomic mass is 16.5. The number of nitrogen functional groups attached to an aromatic ring is 1. The molecule has 0 aliphatic rings. The fourth-order valence-electron chi connectivity index (χ4n) is 2.08. The minimum atomic E-state index is 0.447. The van der Waals surface area contributed by atoms with Crippen molar-refractivity contribution in [1.29, 1.82) is 0 Å². The molecule has 0 saturated carbocycles. The molecule has 1 heterocycles. The Morgan fingerprint density at radius 1 is 0.810 bits per heavy atom. The lowest BCUT2D eigenvalue weighted by Gasteiger charge is -2.09. The molecule has 0 aliphatic carbocycles. The van der Waals surface area contributed by atoms with Crippen molar-refractivity contribution in [2.75, 3.05) is 5.73 Å². The van der Waals surface area contributed by atoms with E-state index in [0.29, 0.717) is 11.6 Å². The van der Waals surface area contributed by atoms with Crippen LogP contribution in [0.5, 0.6) is 11.6 Å². The number of anilines is 1. The van der Waals surface area contributed by atoms with Crippen LogP contribution in [-0.2, 0) is 0 Å². The lowest BCUT2D eigenvalue weighted by atomic mass is 10.1. The zero-order chi connectivity index (χ0) is 14.7. The predicted molar refractivity (Wildman–Crippen MR) is 85.3 cm³/mol. The summed E-state index contributed by atoms with van der Waals surface area (Å²) in [4.78, 5) is 4.30.